The van der Waals surface area contributed by atoms with Crippen LogP contribution in [0.4, 0.5) is 0 Å². The van der Waals surface area contributed by atoms with Crippen molar-refractivity contribution in [1.82, 2.24) is 0 Å². The van der Waals surface area contributed by atoms with Gasteiger partial charge in [-0.15, -0.1) is 0 Å². The number of nitrogens with zero attached hydrogens (tertiary/aromatic N) is 2. The molecule has 6 aromatic rings. The van der Waals surface area contributed by atoms with E-state index in [1.54, 1.807) is 0 Å². The van der Waals surface area contributed by atoms with Gasteiger partial charge in [-0.25, -0.2) is 0 Å². The third-order valence-electron chi connectivity index (χ3n) is 10.4. The van der Waals surface area contributed by atoms with Crippen LogP contribution >= 0.6 is 0 Å². The molecule has 6 aromatic carbocycles. The first-order valence-corrected chi connectivity index (χ1v) is 19.6. The number of aryl methyl sites for hydroxylation is 1. The summed E-state index contributed by atoms with van der Waals surface area (Å²) in [6.07, 6.45) is 11.3. The molecule has 0 atom stereocenters. The van der Waals surface area contributed by atoms with E-state index in [4.69, 9.17) is 4.99 Å². The molecule has 1 aliphatic rings. The molecule has 2 heteroatoms. The fraction of sp³-hybridized carbons (Fsp3) is 0.148. The molecule has 0 saturated heterocycles. The summed E-state index contributed by atoms with van der Waals surface area (Å²) in [4.78, 5) is 9.96. The van der Waals surface area contributed by atoms with Crippen LogP contribution in [0.1, 0.15) is 73.6 Å². The van der Waals surface area contributed by atoms with E-state index >= 15 is 0 Å². The van der Waals surface area contributed by atoms with Crippen molar-refractivity contribution in [2.45, 2.75) is 54.5 Å². The van der Waals surface area contributed by atoms with Gasteiger partial charge in [-0.2, -0.15) is 0 Å². The summed E-state index contributed by atoms with van der Waals surface area (Å²) in [5.41, 5.74) is 18.3. The Labute approximate surface area is 334 Å². The summed E-state index contributed by atoms with van der Waals surface area (Å²) in [7, 11) is 0. The zero-order valence-electron chi connectivity index (χ0n) is 33.7. The quantitative estimate of drug-likeness (QED) is 0.0937. The van der Waals surface area contributed by atoms with E-state index in [2.05, 4.69) is 185 Å². The van der Waals surface area contributed by atoms with Gasteiger partial charge in [-0.3, -0.25) is 9.98 Å². The predicted octanol–water partition coefficient (Wildman–Crippen LogP) is 14.7. The molecule has 2 nitrogen and oxygen atoms in total. The second-order valence-corrected chi connectivity index (χ2v) is 14.0. The first-order valence-electron chi connectivity index (χ1n) is 19.6. The lowest BCUT2D eigenvalue weighted by atomic mass is 9.91. The van der Waals surface area contributed by atoms with E-state index in [9.17, 15) is 0 Å². The highest BCUT2D eigenvalue weighted by molar-refractivity contribution is 6.16. The highest BCUT2D eigenvalue weighted by Gasteiger charge is 2.21. The Morgan fingerprint density at radius 3 is 2.16 bits per heavy atom. The molecule has 7 rings (SSSR count). The van der Waals surface area contributed by atoms with Gasteiger partial charge in [0, 0.05) is 16.7 Å². The van der Waals surface area contributed by atoms with Crippen molar-refractivity contribution in [3.8, 4) is 22.3 Å². The van der Waals surface area contributed by atoms with Gasteiger partial charge in [0.2, 0.25) is 0 Å². The predicted molar refractivity (Wildman–Crippen MR) is 247 cm³/mol. The van der Waals surface area contributed by atoms with E-state index in [1.807, 2.05) is 32.9 Å². The molecule has 0 spiro atoms. The first kappa shape index (κ1) is 39.3. The van der Waals surface area contributed by atoms with Gasteiger partial charge in [-0.05, 0) is 131 Å². The van der Waals surface area contributed by atoms with Gasteiger partial charge in [-0.1, -0.05) is 160 Å². The Hall–Kier alpha value is -6.38. The molecule has 0 amide bonds. The number of hydrogen-bond acceptors (Lipinski definition) is 2. The van der Waals surface area contributed by atoms with Crippen molar-refractivity contribution in [3.05, 3.63) is 209 Å². The highest BCUT2D eigenvalue weighted by atomic mass is 14.8. The molecule has 1 aliphatic carbocycles. The largest absolute Gasteiger partial charge is 0.280 e. The summed E-state index contributed by atoms with van der Waals surface area (Å²) in [6, 6.07) is 45.9. The van der Waals surface area contributed by atoms with Gasteiger partial charge >= 0.3 is 0 Å². The van der Waals surface area contributed by atoms with Crippen molar-refractivity contribution in [1.29, 1.82) is 0 Å². The SMILES string of the molecule is C=C/C=C1\Cc2cccc3c(-c4cc(CN=C(/C(C)=C(\N=C)c5ccccc5C)c5ccccc5)cc(-c5ccc(/C(C)=C/C=C\C)cc5)c4)ccc1c23.CC. The van der Waals surface area contributed by atoms with Gasteiger partial charge in [0.25, 0.3) is 0 Å². The maximum atomic E-state index is 5.39. The maximum absolute atomic E-state index is 5.39. The minimum atomic E-state index is 0.497. The maximum Gasteiger partial charge on any atom is 0.0748 e. The Morgan fingerprint density at radius 1 is 0.732 bits per heavy atom. The zero-order valence-corrected chi connectivity index (χ0v) is 33.7. The third kappa shape index (κ3) is 8.31. The van der Waals surface area contributed by atoms with Crippen molar-refractivity contribution < 1.29 is 0 Å². The average Bonchev–Trinajstić information content (AvgIpc) is 3.60. The summed E-state index contributed by atoms with van der Waals surface area (Å²) in [6.45, 7) is 20.9. The Kier molecular flexibility index (Phi) is 12.8. The first-order chi connectivity index (χ1) is 27.4. The van der Waals surface area contributed by atoms with Crippen LogP contribution in [0.25, 0.3) is 49.9 Å². The molecular formula is C54H52N2. The summed E-state index contributed by atoms with van der Waals surface area (Å²) < 4.78 is 0. The van der Waals surface area contributed by atoms with Crippen LogP contribution < -0.4 is 0 Å². The lowest BCUT2D eigenvalue weighted by Gasteiger charge is -2.15. The van der Waals surface area contributed by atoms with Gasteiger partial charge in [0.1, 0.15) is 0 Å². The van der Waals surface area contributed by atoms with E-state index in [0.29, 0.717) is 6.54 Å². The molecule has 0 aromatic heterocycles. The zero-order chi connectivity index (χ0) is 39.6. The molecule has 0 bridgehead atoms. The minimum absolute atomic E-state index is 0.497. The van der Waals surface area contributed by atoms with E-state index < -0.39 is 0 Å². The number of allylic oxidation sites excluding steroid dienone is 8. The number of aliphatic imine (C=N–C) groups is 2. The number of hydrogen-bond donors (Lipinski definition) is 0. The van der Waals surface area contributed by atoms with Crippen LogP contribution in [0.2, 0.25) is 0 Å². The molecule has 56 heavy (non-hydrogen) atoms. The molecule has 278 valence electrons. The van der Waals surface area contributed by atoms with Gasteiger partial charge in [0.05, 0.1) is 18.0 Å². The van der Waals surface area contributed by atoms with Crippen LogP contribution in [0.5, 0.6) is 0 Å². The lowest BCUT2D eigenvalue weighted by molar-refractivity contribution is 1.07. The molecule has 0 radical (unpaired) electrons. The summed E-state index contributed by atoms with van der Waals surface area (Å²) >= 11 is 0. The van der Waals surface area contributed by atoms with Crippen LogP contribution in [-0.4, -0.2) is 12.4 Å². The normalized spacial score (nSPS) is 13.8. The van der Waals surface area contributed by atoms with Gasteiger partial charge < -0.3 is 0 Å². The third-order valence-corrected chi connectivity index (χ3v) is 10.4. The smallest absolute Gasteiger partial charge is 0.0748 e. The van der Waals surface area contributed by atoms with Crippen molar-refractivity contribution in [3.63, 3.8) is 0 Å². The Morgan fingerprint density at radius 2 is 1.45 bits per heavy atom. The Balaban J connectivity index is 0.00000262. The second kappa shape index (κ2) is 18.3. The monoisotopic (exact) mass is 728 g/mol. The highest BCUT2D eigenvalue weighted by Crippen LogP contribution is 2.43. The van der Waals surface area contributed by atoms with Crippen LogP contribution in [0.3, 0.4) is 0 Å². The number of rotatable bonds is 11. The van der Waals surface area contributed by atoms with Crippen molar-refractivity contribution >= 4 is 40.0 Å². The minimum Gasteiger partial charge on any atom is -0.280 e. The molecule has 0 fully saturated rings. The average molecular weight is 729 g/mol. The Bertz CT molecular complexity index is 2540. The number of benzene rings is 6. The van der Waals surface area contributed by atoms with Crippen LogP contribution in [-0.2, 0) is 13.0 Å². The fourth-order valence-corrected chi connectivity index (χ4v) is 7.66. The van der Waals surface area contributed by atoms with Crippen molar-refractivity contribution in [2.75, 3.05) is 0 Å². The standard InChI is InChI=1S/C52H46N2.C2H6/c1-7-9-17-35(3)39-24-26-40(27-25-39)44-30-38(31-45(33-44)47-28-29-48-42(16-8-2)32-43-21-15-23-49(47)50(43)48)34-54-51(41-19-11-10-12-20-41)37(5)52(53-6)46-22-14-13-18-36(46)4;1-2/h7-31,33H,2,6,32,34H2,1,3-5H3;1-2H3/b9-7-,35-17+,42-16+,52-37-,54-51?;. The second-order valence-electron chi connectivity index (χ2n) is 14.0. The van der Waals surface area contributed by atoms with Crippen LogP contribution in [0, 0.1) is 6.92 Å². The summed E-state index contributed by atoms with van der Waals surface area (Å²) in [5.74, 6) is 0. The molecular weight excluding hydrogens is 677 g/mol. The van der Waals surface area contributed by atoms with Crippen LogP contribution in [0.15, 0.2) is 180 Å². The molecule has 0 saturated carbocycles. The molecule has 0 N–H and O–H groups in total. The van der Waals surface area contributed by atoms with E-state index in [0.717, 1.165) is 51.2 Å². The van der Waals surface area contributed by atoms with Gasteiger partial charge in [0.15, 0.2) is 0 Å². The lowest BCUT2D eigenvalue weighted by Crippen LogP contribution is -2.07. The molecule has 0 unspecified atom stereocenters. The molecule has 0 aliphatic heterocycles. The van der Waals surface area contributed by atoms with E-state index in [1.165, 1.54) is 55.3 Å². The van der Waals surface area contributed by atoms with E-state index in [-0.39, 0.29) is 0 Å². The topological polar surface area (TPSA) is 24.7 Å². The van der Waals surface area contributed by atoms with Crippen molar-refractivity contribution in [2.24, 2.45) is 9.98 Å². The summed E-state index contributed by atoms with van der Waals surface area (Å²) in [5, 5.41) is 2.61. The fourth-order valence-electron chi connectivity index (χ4n) is 7.66. The molecule has 0 heterocycles.